The molecule has 6 nitrogen and oxygen atoms in total. The van der Waals surface area contributed by atoms with E-state index in [1.54, 1.807) is 6.20 Å². The third-order valence-electron chi connectivity index (χ3n) is 2.49. The van der Waals surface area contributed by atoms with Gasteiger partial charge in [0.1, 0.15) is 11.8 Å². The number of hydrogen-bond donors (Lipinski definition) is 2. The molecule has 2 heterocycles. The molecule has 0 aromatic carbocycles. The van der Waals surface area contributed by atoms with Crippen LogP contribution >= 0.6 is 7.29 Å². The highest BCUT2D eigenvalue weighted by molar-refractivity contribution is 7.65. The van der Waals surface area contributed by atoms with Crippen LogP contribution in [0, 0.1) is 0 Å². The first-order chi connectivity index (χ1) is 7.67. The molecule has 0 saturated carbocycles. The second-order valence-electron chi connectivity index (χ2n) is 3.48. The maximum atomic E-state index is 12.2. The van der Waals surface area contributed by atoms with Crippen LogP contribution in [-0.4, -0.2) is 32.3 Å². The lowest BCUT2D eigenvalue weighted by Crippen LogP contribution is -2.02. The van der Waals surface area contributed by atoms with Crippen molar-refractivity contribution in [3.8, 4) is 0 Å². The Kier molecular flexibility index (Phi) is 2.92. The van der Waals surface area contributed by atoms with Crippen LogP contribution in [-0.2, 0) is 4.57 Å². The number of aromatic nitrogens is 4. The van der Waals surface area contributed by atoms with E-state index >= 15 is 0 Å². The summed E-state index contributed by atoms with van der Waals surface area (Å²) in [6.07, 6.45) is 4.29. The third kappa shape index (κ3) is 2.07. The molecular weight excluding hydrogens is 225 g/mol. The van der Waals surface area contributed by atoms with Crippen molar-refractivity contribution in [2.24, 2.45) is 0 Å². The molecule has 0 fully saturated rings. The lowest BCUT2D eigenvalue weighted by Gasteiger charge is -2.14. The van der Waals surface area contributed by atoms with Gasteiger partial charge in [0, 0.05) is 12.3 Å². The molecule has 0 aliphatic rings. The fraction of sp³-hybridized carbons (Fsp3) is 0.444. The minimum Gasteiger partial charge on any atom is -0.321 e. The average molecular weight is 239 g/mol. The summed E-state index contributed by atoms with van der Waals surface area (Å²) in [5.41, 5.74) is 1.32. The molecule has 2 aromatic rings. The number of H-pyrrole nitrogens is 1. The molecule has 0 unspecified atom stereocenters. The number of imidazole rings is 1. The normalized spacial score (nSPS) is 11.9. The predicted octanol–water partition coefficient (Wildman–Crippen LogP) is 2.08. The van der Waals surface area contributed by atoms with Crippen molar-refractivity contribution < 1.29 is 4.57 Å². The minimum atomic E-state index is -2.35. The van der Waals surface area contributed by atoms with E-state index in [1.807, 2.05) is 13.8 Å². The Labute approximate surface area is 93.3 Å². The van der Waals surface area contributed by atoms with Crippen molar-refractivity contribution in [1.82, 2.24) is 19.9 Å². The van der Waals surface area contributed by atoms with Gasteiger partial charge < -0.3 is 14.6 Å². The predicted molar refractivity (Wildman–Crippen MR) is 64.0 cm³/mol. The van der Waals surface area contributed by atoms with Crippen LogP contribution in [0.5, 0.6) is 0 Å². The molecule has 0 bridgehead atoms. The first kappa shape index (κ1) is 11.1. The Hall–Kier alpha value is -1.42. The standard InChI is InChI=1S/C9H14N5OP/c1-3-16(15,4-2)14-9-12-7-5-10-6-11-8(7)13-9/h5-6H,3-4H2,1-2H3,(H2,10,11,12,13,14,15). The molecular formula is C9H14N5OP. The van der Waals surface area contributed by atoms with E-state index in [4.69, 9.17) is 0 Å². The van der Waals surface area contributed by atoms with Gasteiger partial charge in [0.15, 0.2) is 12.9 Å². The molecule has 16 heavy (non-hydrogen) atoms. The highest BCUT2D eigenvalue weighted by Crippen LogP contribution is 2.43. The Morgan fingerprint density at radius 1 is 1.44 bits per heavy atom. The van der Waals surface area contributed by atoms with Crippen molar-refractivity contribution in [2.45, 2.75) is 13.8 Å². The van der Waals surface area contributed by atoms with Crippen LogP contribution in [0.15, 0.2) is 12.5 Å². The summed E-state index contributed by atoms with van der Waals surface area (Å²) >= 11 is 0. The molecule has 2 aromatic heterocycles. The summed E-state index contributed by atoms with van der Waals surface area (Å²) < 4.78 is 12.2. The van der Waals surface area contributed by atoms with Gasteiger partial charge in [-0.2, -0.15) is 4.98 Å². The van der Waals surface area contributed by atoms with Gasteiger partial charge in [0.05, 0.1) is 6.20 Å². The van der Waals surface area contributed by atoms with Crippen LogP contribution in [0.1, 0.15) is 13.8 Å². The Balaban J connectivity index is 2.31. The van der Waals surface area contributed by atoms with Gasteiger partial charge in [-0.1, -0.05) is 13.8 Å². The summed E-state index contributed by atoms with van der Waals surface area (Å²) in [6.45, 7) is 3.81. The van der Waals surface area contributed by atoms with Gasteiger partial charge in [0.2, 0.25) is 5.95 Å². The van der Waals surface area contributed by atoms with Gasteiger partial charge in [-0.05, 0) is 0 Å². The maximum absolute atomic E-state index is 12.2. The molecule has 0 amide bonds. The second-order valence-corrected chi connectivity index (χ2v) is 6.75. The van der Waals surface area contributed by atoms with Crippen molar-refractivity contribution in [2.75, 3.05) is 17.4 Å². The summed E-state index contributed by atoms with van der Waals surface area (Å²) in [7, 11) is -2.35. The molecule has 0 radical (unpaired) electrons. The van der Waals surface area contributed by atoms with E-state index in [0.29, 0.717) is 23.9 Å². The van der Waals surface area contributed by atoms with E-state index < -0.39 is 7.29 Å². The Morgan fingerprint density at radius 2 is 2.19 bits per heavy atom. The smallest absolute Gasteiger partial charge is 0.208 e. The minimum absolute atomic E-state index is 0.502. The van der Waals surface area contributed by atoms with Crippen LogP contribution < -0.4 is 5.09 Å². The van der Waals surface area contributed by atoms with Crippen molar-refractivity contribution in [3.05, 3.63) is 12.5 Å². The fourth-order valence-corrected chi connectivity index (χ4v) is 2.64. The fourth-order valence-electron chi connectivity index (χ4n) is 1.39. The zero-order valence-electron chi connectivity index (χ0n) is 9.27. The molecule has 0 spiro atoms. The third-order valence-corrected chi connectivity index (χ3v) is 5.16. The topological polar surface area (TPSA) is 83.6 Å². The van der Waals surface area contributed by atoms with Crippen molar-refractivity contribution >= 4 is 24.4 Å². The van der Waals surface area contributed by atoms with Crippen LogP contribution in [0.4, 0.5) is 5.95 Å². The average Bonchev–Trinajstić information content (AvgIpc) is 2.70. The number of fused-ring (bicyclic) bond motifs is 1. The highest BCUT2D eigenvalue weighted by Gasteiger charge is 2.18. The maximum Gasteiger partial charge on any atom is 0.208 e. The van der Waals surface area contributed by atoms with Gasteiger partial charge in [-0.25, -0.2) is 9.97 Å². The number of anilines is 1. The van der Waals surface area contributed by atoms with Crippen molar-refractivity contribution in [1.29, 1.82) is 0 Å². The van der Waals surface area contributed by atoms with Gasteiger partial charge in [-0.3, -0.25) is 0 Å². The largest absolute Gasteiger partial charge is 0.321 e. The van der Waals surface area contributed by atoms with Crippen LogP contribution in [0.3, 0.4) is 0 Å². The summed E-state index contributed by atoms with van der Waals surface area (Å²) in [5, 5.41) is 2.97. The second kappa shape index (κ2) is 4.22. The quantitative estimate of drug-likeness (QED) is 0.798. The van der Waals surface area contributed by atoms with E-state index in [1.165, 1.54) is 6.33 Å². The number of rotatable bonds is 4. The molecule has 86 valence electrons. The van der Waals surface area contributed by atoms with Crippen LogP contribution in [0.25, 0.3) is 11.2 Å². The molecule has 2 rings (SSSR count). The lowest BCUT2D eigenvalue weighted by molar-refractivity contribution is 0.579. The lowest BCUT2D eigenvalue weighted by atomic mass is 10.6. The number of aromatic amines is 1. The Morgan fingerprint density at radius 3 is 2.81 bits per heavy atom. The van der Waals surface area contributed by atoms with Gasteiger partial charge in [-0.15, -0.1) is 0 Å². The van der Waals surface area contributed by atoms with Gasteiger partial charge in [0.25, 0.3) is 0 Å². The SMILES string of the molecule is CCP(=O)(CC)Nc1nc2ncncc2[nH]1. The molecule has 0 atom stereocenters. The van der Waals surface area contributed by atoms with E-state index in [2.05, 4.69) is 25.0 Å². The van der Waals surface area contributed by atoms with E-state index in [-0.39, 0.29) is 0 Å². The number of nitrogens with one attached hydrogen (secondary N) is 2. The summed E-state index contributed by atoms with van der Waals surface area (Å²) in [4.78, 5) is 15.1. The molecule has 0 aliphatic heterocycles. The molecule has 0 aliphatic carbocycles. The zero-order valence-corrected chi connectivity index (χ0v) is 10.2. The molecule has 0 saturated heterocycles. The van der Waals surface area contributed by atoms with Gasteiger partial charge >= 0.3 is 0 Å². The first-order valence-electron chi connectivity index (χ1n) is 5.19. The summed E-state index contributed by atoms with van der Waals surface area (Å²) in [6, 6.07) is 0. The number of hydrogen-bond acceptors (Lipinski definition) is 4. The van der Waals surface area contributed by atoms with E-state index in [0.717, 1.165) is 5.52 Å². The summed E-state index contributed by atoms with van der Waals surface area (Å²) in [5.74, 6) is 0.502. The zero-order chi connectivity index (χ0) is 11.6. The first-order valence-corrected chi connectivity index (χ1v) is 7.26. The van der Waals surface area contributed by atoms with E-state index in [9.17, 15) is 4.57 Å². The highest BCUT2D eigenvalue weighted by atomic mass is 31.2. The monoisotopic (exact) mass is 239 g/mol. The van der Waals surface area contributed by atoms with Crippen LogP contribution in [0.2, 0.25) is 0 Å². The Bertz CT molecular complexity index is 496. The number of nitrogens with zero attached hydrogens (tertiary/aromatic N) is 3. The van der Waals surface area contributed by atoms with Crippen molar-refractivity contribution in [3.63, 3.8) is 0 Å². The molecule has 2 N–H and O–H groups in total. The molecule has 7 heteroatoms.